The average Bonchev–Trinajstić information content (AvgIpc) is 3.06. The first-order valence-electron chi connectivity index (χ1n) is 8.33. The van der Waals surface area contributed by atoms with E-state index in [0.29, 0.717) is 24.8 Å². The topological polar surface area (TPSA) is 49.8 Å². The summed E-state index contributed by atoms with van der Waals surface area (Å²) in [7, 11) is 1.17. The van der Waals surface area contributed by atoms with E-state index >= 15 is 0 Å². The summed E-state index contributed by atoms with van der Waals surface area (Å²) < 4.78 is 34.3. The minimum absolute atomic E-state index is 0.396. The van der Waals surface area contributed by atoms with Crippen LogP contribution >= 0.6 is 0 Å². The Hall–Kier alpha value is -2.13. The molecule has 0 aromatic heterocycles. The number of ether oxygens (including phenoxy) is 1. The molecule has 2 aliphatic rings. The number of halogens is 2. The van der Waals surface area contributed by atoms with Crippen molar-refractivity contribution in [1.29, 1.82) is 0 Å². The second kappa shape index (κ2) is 6.30. The fraction of sp³-hybridized carbons (Fsp3) is 0.526. The second-order valence-electron chi connectivity index (χ2n) is 6.79. The van der Waals surface area contributed by atoms with E-state index in [1.807, 2.05) is 13.0 Å². The number of fused-ring (bicyclic) bond motifs is 1. The highest BCUT2D eigenvalue weighted by Crippen LogP contribution is 2.49. The lowest BCUT2D eigenvalue weighted by molar-refractivity contribution is -0.216. The normalized spacial score (nSPS) is 30.2. The summed E-state index contributed by atoms with van der Waals surface area (Å²) >= 11 is 0. The fourth-order valence-corrected chi connectivity index (χ4v) is 3.92. The fourth-order valence-electron chi connectivity index (χ4n) is 3.92. The molecular weight excluding hydrogens is 328 g/mol. The summed E-state index contributed by atoms with van der Waals surface area (Å²) in [6.07, 6.45) is 0.829. The van der Waals surface area contributed by atoms with E-state index in [-0.39, 0.29) is 0 Å². The van der Waals surface area contributed by atoms with Crippen molar-refractivity contribution < 1.29 is 23.4 Å². The zero-order chi connectivity index (χ0) is 18.2. The highest BCUT2D eigenvalue weighted by atomic mass is 19.3. The van der Waals surface area contributed by atoms with Crippen molar-refractivity contribution in [3.8, 4) is 11.8 Å². The Morgan fingerprint density at radius 2 is 2.16 bits per heavy atom. The number of carbonyl (C=O) groups is 1. The number of likely N-dealkylation sites (tertiary alicyclic amines) is 1. The molecule has 1 saturated heterocycles. The number of nitrogens with zero attached hydrogens (tertiary/aromatic N) is 1. The van der Waals surface area contributed by atoms with E-state index in [2.05, 4.69) is 16.6 Å². The van der Waals surface area contributed by atoms with Crippen LogP contribution in [0.3, 0.4) is 0 Å². The van der Waals surface area contributed by atoms with Crippen LogP contribution in [0.5, 0.6) is 0 Å². The predicted octanol–water partition coefficient (Wildman–Crippen LogP) is 2.96. The van der Waals surface area contributed by atoms with E-state index in [4.69, 9.17) is 0 Å². The maximum atomic E-state index is 14.8. The molecule has 1 aromatic rings. The molecule has 1 N–H and O–H groups in total. The van der Waals surface area contributed by atoms with E-state index in [1.54, 1.807) is 18.2 Å². The summed E-state index contributed by atoms with van der Waals surface area (Å²) in [5.74, 6) is 0.828. The largest absolute Gasteiger partial charge is 0.453 e. The first-order chi connectivity index (χ1) is 11.8. The van der Waals surface area contributed by atoms with Gasteiger partial charge in [-0.1, -0.05) is 30.4 Å². The van der Waals surface area contributed by atoms with Crippen LogP contribution in [0.2, 0.25) is 0 Å². The van der Waals surface area contributed by atoms with Gasteiger partial charge in [-0.3, -0.25) is 4.90 Å². The van der Waals surface area contributed by atoms with Crippen molar-refractivity contribution in [2.45, 2.75) is 43.8 Å². The van der Waals surface area contributed by atoms with Gasteiger partial charge in [-0.05, 0) is 37.5 Å². The van der Waals surface area contributed by atoms with Crippen LogP contribution in [0.4, 0.5) is 13.6 Å². The van der Waals surface area contributed by atoms with Gasteiger partial charge >= 0.3 is 12.0 Å². The van der Waals surface area contributed by atoms with E-state index in [0.717, 1.165) is 10.5 Å². The first-order valence-corrected chi connectivity index (χ1v) is 8.33. The number of hydrogen-bond donors (Lipinski definition) is 1. The lowest BCUT2D eigenvalue weighted by atomic mass is 9.75. The molecular formula is C19H21F2NO3. The van der Waals surface area contributed by atoms with E-state index < -0.39 is 36.1 Å². The zero-order valence-electron chi connectivity index (χ0n) is 14.3. The Morgan fingerprint density at radius 1 is 1.40 bits per heavy atom. The molecule has 6 heteroatoms. The zero-order valence-corrected chi connectivity index (χ0v) is 14.3. The molecule has 3 rings (SSSR count). The second-order valence-corrected chi connectivity index (χ2v) is 6.79. The van der Waals surface area contributed by atoms with Crippen molar-refractivity contribution in [2.24, 2.45) is 5.92 Å². The summed E-state index contributed by atoms with van der Waals surface area (Å²) in [6, 6.07) is 6.70. The highest BCUT2D eigenvalue weighted by Gasteiger charge is 2.65. The SMILES string of the molecule is COC(=O)N1CC(F)(F)C(O)(C#Cc2cccc(C)c2)C2CCCC21. The molecule has 1 saturated carbocycles. The maximum absolute atomic E-state index is 14.8. The average molecular weight is 349 g/mol. The highest BCUT2D eigenvalue weighted by molar-refractivity contribution is 5.68. The third-order valence-corrected chi connectivity index (χ3v) is 5.17. The van der Waals surface area contributed by atoms with Crippen LogP contribution in [-0.4, -0.2) is 47.3 Å². The Kier molecular flexibility index (Phi) is 4.46. The Labute approximate surface area is 145 Å². The van der Waals surface area contributed by atoms with E-state index in [9.17, 15) is 18.7 Å². The van der Waals surface area contributed by atoms with Gasteiger partial charge in [0.2, 0.25) is 0 Å². The summed E-state index contributed by atoms with van der Waals surface area (Å²) in [5, 5.41) is 10.9. The number of piperidine rings is 1. The molecule has 1 amide bonds. The molecule has 1 aromatic carbocycles. The van der Waals surface area contributed by atoms with Crippen molar-refractivity contribution in [3.63, 3.8) is 0 Å². The number of hydrogen-bond acceptors (Lipinski definition) is 3. The number of amides is 1. The van der Waals surface area contributed by atoms with Gasteiger partial charge in [0.1, 0.15) is 0 Å². The van der Waals surface area contributed by atoms with Gasteiger partial charge in [0.05, 0.1) is 13.7 Å². The van der Waals surface area contributed by atoms with Crippen LogP contribution in [0.15, 0.2) is 24.3 Å². The molecule has 1 aliphatic heterocycles. The minimum atomic E-state index is -3.54. The molecule has 0 radical (unpaired) electrons. The maximum Gasteiger partial charge on any atom is 0.409 e. The molecule has 1 aliphatic carbocycles. The lowest BCUT2D eigenvalue weighted by Gasteiger charge is -2.48. The van der Waals surface area contributed by atoms with Crippen LogP contribution in [0.25, 0.3) is 0 Å². The first kappa shape index (κ1) is 17.7. The van der Waals surface area contributed by atoms with Crippen LogP contribution < -0.4 is 0 Å². The quantitative estimate of drug-likeness (QED) is 0.733. The molecule has 0 spiro atoms. The lowest BCUT2D eigenvalue weighted by Crippen LogP contribution is -2.68. The molecule has 0 bridgehead atoms. The number of benzene rings is 1. The van der Waals surface area contributed by atoms with Gasteiger partial charge in [0.15, 0.2) is 5.60 Å². The monoisotopic (exact) mass is 349 g/mol. The van der Waals surface area contributed by atoms with Crippen LogP contribution in [0, 0.1) is 24.7 Å². The van der Waals surface area contributed by atoms with Crippen LogP contribution in [-0.2, 0) is 4.74 Å². The van der Waals surface area contributed by atoms with Crippen molar-refractivity contribution in [3.05, 3.63) is 35.4 Å². The molecule has 3 unspecified atom stereocenters. The van der Waals surface area contributed by atoms with Gasteiger partial charge in [-0.25, -0.2) is 13.6 Å². The minimum Gasteiger partial charge on any atom is -0.453 e. The predicted molar refractivity (Wildman–Crippen MR) is 88.2 cm³/mol. The number of aliphatic hydroxyl groups is 1. The van der Waals surface area contributed by atoms with Crippen molar-refractivity contribution in [1.82, 2.24) is 4.90 Å². The van der Waals surface area contributed by atoms with Gasteiger partial charge in [-0.2, -0.15) is 0 Å². The van der Waals surface area contributed by atoms with Gasteiger partial charge < -0.3 is 9.84 Å². The van der Waals surface area contributed by atoms with Gasteiger partial charge in [0.25, 0.3) is 0 Å². The number of carbonyl (C=O) groups excluding carboxylic acids is 1. The third-order valence-electron chi connectivity index (χ3n) is 5.17. The smallest absolute Gasteiger partial charge is 0.409 e. The Bertz CT molecular complexity index is 740. The Balaban J connectivity index is 1.99. The van der Waals surface area contributed by atoms with Crippen molar-refractivity contribution in [2.75, 3.05) is 13.7 Å². The van der Waals surface area contributed by atoms with Crippen molar-refractivity contribution >= 4 is 6.09 Å². The molecule has 25 heavy (non-hydrogen) atoms. The van der Waals surface area contributed by atoms with Crippen LogP contribution in [0.1, 0.15) is 30.4 Å². The molecule has 134 valence electrons. The number of alkyl halides is 2. The molecule has 4 nitrogen and oxygen atoms in total. The Morgan fingerprint density at radius 3 is 2.84 bits per heavy atom. The number of rotatable bonds is 0. The third kappa shape index (κ3) is 2.98. The summed E-state index contributed by atoms with van der Waals surface area (Å²) in [6.45, 7) is 0.996. The molecule has 2 fully saturated rings. The molecule has 1 heterocycles. The number of aryl methyl sites for hydroxylation is 1. The number of methoxy groups -OCH3 is 1. The summed E-state index contributed by atoms with van der Waals surface area (Å²) in [5.41, 5.74) is -0.915. The molecule has 3 atom stereocenters. The standard InChI is InChI=1S/C19H21F2NO3/c1-13-5-3-6-14(11-13)9-10-18(24)15-7-4-8-16(15)22(17(23)25-2)12-19(18,20)21/h3,5-6,11,15-16,24H,4,7-8,12H2,1-2H3. The van der Waals surface area contributed by atoms with E-state index in [1.165, 1.54) is 7.11 Å². The van der Waals surface area contributed by atoms with Gasteiger partial charge in [-0.15, -0.1) is 0 Å². The van der Waals surface area contributed by atoms with Gasteiger partial charge in [0, 0.05) is 17.5 Å². The summed E-state index contributed by atoms with van der Waals surface area (Å²) in [4.78, 5) is 12.9.